The van der Waals surface area contributed by atoms with Gasteiger partial charge in [-0.2, -0.15) is 5.10 Å². The highest BCUT2D eigenvalue weighted by molar-refractivity contribution is 5.11. The van der Waals surface area contributed by atoms with Gasteiger partial charge in [0.15, 0.2) is 0 Å². The predicted octanol–water partition coefficient (Wildman–Crippen LogP) is 1.75. The van der Waals surface area contributed by atoms with Crippen molar-refractivity contribution in [2.24, 2.45) is 11.1 Å². The van der Waals surface area contributed by atoms with Gasteiger partial charge < -0.3 is 10.5 Å². The molecule has 0 aliphatic carbocycles. The van der Waals surface area contributed by atoms with Gasteiger partial charge in [0.05, 0.1) is 12.3 Å². The fourth-order valence-corrected chi connectivity index (χ4v) is 0.995. The van der Waals surface area contributed by atoms with Gasteiger partial charge in [0.1, 0.15) is 0 Å². The second kappa shape index (κ2) is 5.07. The maximum atomic E-state index is 5.47. The zero-order valence-corrected chi connectivity index (χ0v) is 9.66. The number of hydrogen-bond acceptors (Lipinski definition) is 4. The summed E-state index contributed by atoms with van der Waals surface area (Å²) in [6.07, 6.45) is 0.993. The molecule has 4 nitrogen and oxygen atoms in total. The van der Waals surface area contributed by atoms with E-state index in [9.17, 15) is 0 Å². The molecule has 1 heterocycles. The summed E-state index contributed by atoms with van der Waals surface area (Å²) in [5.74, 6) is 0.566. The molecule has 2 N–H and O–H groups in total. The number of nitrogens with zero attached hydrogens (tertiary/aromatic N) is 2. The van der Waals surface area contributed by atoms with Crippen LogP contribution in [0.4, 0.5) is 0 Å². The minimum atomic E-state index is 0.282. The van der Waals surface area contributed by atoms with Crippen LogP contribution in [0.1, 0.15) is 32.9 Å². The lowest BCUT2D eigenvalue weighted by molar-refractivity contribution is 0.234. The molecular weight excluding hydrogens is 190 g/mol. The van der Waals surface area contributed by atoms with Crippen molar-refractivity contribution in [1.82, 2.24) is 10.2 Å². The summed E-state index contributed by atoms with van der Waals surface area (Å²) in [6.45, 7) is 7.62. The lowest BCUT2D eigenvalue weighted by atomic mass is 9.93. The first-order chi connectivity index (χ1) is 7.01. The SMILES string of the molecule is CC(C)(C)CCOc1ccc(CN)nn1. The third-order valence-electron chi connectivity index (χ3n) is 2.01. The number of hydrogen-bond donors (Lipinski definition) is 1. The van der Waals surface area contributed by atoms with Crippen molar-refractivity contribution in [2.75, 3.05) is 6.61 Å². The molecule has 0 amide bonds. The minimum absolute atomic E-state index is 0.282. The lowest BCUT2D eigenvalue weighted by Crippen LogP contribution is -2.12. The van der Waals surface area contributed by atoms with E-state index in [1.807, 2.05) is 6.07 Å². The molecule has 0 saturated heterocycles. The maximum absolute atomic E-state index is 5.47. The second-order valence-corrected chi connectivity index (χ2v) is 4.73. The molecule has 0 fully saturated rings. The quantitative estimate of drug-likeness (QED) is 0.820. The van der Waals surface area contributed by atoms with Crippen LogP contribution in [-0.2, 0) is 6.54 Å². The van der Waals surface area contributed by atoms with Crippen molar-refractivity contribution in [3.8, 4) is 5.88 Å². The fourth-order valence-electron chi connectivity index (χ4n) is 0.995. The van der Waals surface area contributed by atoms with Gasteiger partial charge in [-0.05, 0) is 17.9 Å². The zero-order chi connectivity index (χ0) is 11.3. The molecule has 0 aliphatic rings. The second-order valence-electron chi connectivity index (χ2n) is 4.73. The third-order valence-corrected chi connectivity index (χ3v) is 2.01. The molecule has 1 rings (SSSR count). The Bertz CT molecular complexity index is 290. The smallest absolute Gasteiger partial charge is 0.233 e. The Balaban J connectivity index is 2.38. The largest absolute Gasteiger partial charge is 0.477 e. The first kappa shape index (κ1) is 11.9. The molecule has 0 atom stereocenters. The van der Waals surface area contributed by atoms with E-state index in [0.717, 1.165) is 12.1 Å². The Morgan fingerprint density at radius 2 is 2.00 bits per heavy atom. The van der Waals surface area contributed by atoms with Crippen molar-refractivity contribution in [1.29, 1.82) is 0 Å². The van der Waals surface area contributed by atoms with Crippen molar-refractivity contribution >= 4 is 0 Å². The third kappa shape index (κ3) is 4.74. The zero-order valence-electron chi connectivity index (χ0n) is 9.66. The summed E-state index contributed by atoms with van der Waals surface area (Å²) in [5.41, 5.74) is 6.47. The van der Waals surface area contributed by atoms with Gasteiger partial charge in [-0.15, -0.1) is 5.10 Å². The van der Waals surface area contributed by atoms with Crippen molar-refractivity contribution in [3.05, 3.63) is 17.8 Å². The topological polar surface area (TPSA) is 61.0 Å². The number of ether oxygens (including phenoxy) is 1. The molecule has 1 aromatic rings. The van der Waals surface area contributed by atoms with Crippen LogP contribution in [0.25, 0.3) is 0 Å². The highest BCUT2D eigenvalue weighted by Gasteiger charge is 2.10. The standard InChI is InChI=1S/C11H19N3O/c1-11(2,3)6-7-15-10-5-4-9(8-12)13-14-10/h4-5H,6-8,12H2,1-3H3. The van der Waals surface area contributed by atoms with E-state index in [1.165, 1.54) is 0 Å². The first-order valence-electron chi connectivity index (χ1n) is 5.17. The molecule has 1 aromatic heterocycles. The van der Waals surface area contributed by atoms with Gasteiger partial charge >= 0.3 is 0 Å². The Morgan fingerprint density at radius 3 is 2.47 bits per heavy atom. The van der Waals surface area contributed by atoms with Crippen LogP contribution in [0.15, 0.2) is 12.1 Å². The fraction of sp³-hybridized carbons (Fsp3) is 0.636. The first-order valence-corrected chi connectivity index (χ1v) is 5.17. The van der Waals surface area contributed by atoms with Crippen LogP contribution in [0.3, 0.4) is 0 Å². The molecule has 84 valence electrons. The normalized spacial score (nSPS) is 11.5. The van der Waals surface area contributed by atoms with Crippen LogP contribution in [0.2, 0.25) is 0 Å². The number of rotatable bonds is 4. The van der Waals surface area contributed by atoms with Gasteiger partial charge in [0, 0.05) is 12.6 Å². The highest BCUT2D eigenvalue weighted by atomic mass is 16.5. The lowest BCUT2D eigenvalue weighted by Gasteiger charge is -2.17. The monoisotopic (exact) mass is 209 g/mol. The molecule has 0 aromatic carbocycles. The van der Waals surface area contributed by atoms with Crippen molar-refractivity contribution in [2.45, 2.75) is 33.7 Å². The number of aromatic nitrogens is 2. The molecule has 0 aliphatic heterocycles. The van der Waals surface area contributed by atoms with E-state index in [2.05, 4.69) is 31.0 Å². The Labute approximate surface area is 90.8 Å². The summed E-state index contributed by atoms with van der Waals surface area (Å²) in [7, 11) is 0. The van der Waals surface area contributed by atoms with Gasteiger partial charge in [-0.25, -0.2) is 0 Å². The summed E-state index contributed by atoms with van der Waals surface area (Å²) in [5, 5.41) is 7.83. The molecule has 0 spiro atoms. The van der Waals surface area contributed by atoms with E-state index in [1.54, 1.807) is 6.07 Å². The van der Waals surface area contributed by atoms with E-state index < -0.39 is 0 Å². The summed E-state index contributed by atoms with van der Waals surface area (Å²) in [4.78, 5) is 0. The summed E-state index contributed by atoms with van der Waals surface area (Å²) in [6, 6.07) is 3.64. The minimum Gasteiger partial charge on any atom is -0.477 e. The predicted molar refractivity (Wildman–Crippen MR) is 59.5 cm³/mol. The van der Waals surface area contributed by atoms with E-state index in [-0.39, 0.29) is 5.41 Å². The molecule has 0 unspecified atom stereocenters. The summed E-state index contributed by atoms with van der Waals surface area (Å²) >= 11 is 0. The average molecular weight is 209 g/mol. The molecule has 4 heteroatoms. The van der Waals surface area contributed by atoms with Crippen LogP contribution >= 0.6 is 0 Å². The van der Waals surface area contributed by atoms with Crippen molar-refractivity contribution in [3.63, 3.8) is 0 Å². The molecule has 15 heavy (non-hydrogen) atoms. The van der Waals surface area contributed by atoms with Gasteiger partial charge in [0.2, 0.25) is 5.88 Å². The van der Waals surface area contributed by atoms with Crippen LogP contribution < -0.4 is 10.5 Å². The molecule has 0 radical (unpaired) electrons. The molecule has 0 saturated carbocycles. The van der Waals surface area contributed by atoms with Gasteiger partial charge in [-0.3, -0.25) is 0 Å². The van der Waals surface area contributed by atoms with Gasteiger partial charge in [0.25, 0.3) is 0 Å². The maximum Gasteiger partial charge on any atom is 0.233 e. The summed E-state index contributed by atoms with van der Waals surface area (Å²) < 4.78 is 5.47. The Kier molecular flexibility index (Phi) is 4.03. The molecular formula is C11H19N3O. The number of nitrogens with two attached hydrogens (primary N) is 1. The van der Waals surface area contributed by atoms with Crippen LogP contribution in [0.5, 0.6) is 5.88 Å². The van der Waals surface area contributed by atoms with Crippen molar-refractivity contribution < 1.29 is 4.74 Å². The van der Waals surface area contributed by atoms with Crippen LogP contribution in [0, 0.1) is 5.41 Å². The average Bonchev–Trinajstić information content (AvgIpc) is 2.17. The highest BCUT2D eigenvalue weighted by Crippen LogP contribution is 2.18. The molecule has 0 bridgehead atoms. The van der Waals surface area contributed by atoms with E-state index in [4.69, 9.17) is 10.5 Å². The van der Waals surface area contributed by atoms with E-state index >= 15 is 0 Å². The van der Waals surface area contributed by atoms with E-state index in [0.29, 0.717) is 19.0 Å². The van der Waals surface area contributed by atoms with Crippen LogP contribution in [-0.4, -0.2) is 16.8 Å². The Morgan fingerprint density at radius 1 is 1.27 bits per heavy atom. The Hall–Kier alpha value is -1.16. The van der Waals surface area contributed by atoms with Gasteiger partial charge in [-0.1, -0.05) is 20.8 Å².